The molecule has 0 spiro atoms. The van der Waals surface area contributed by atoms with Gasteiger partial charge in [0.2, 0.25) is 0 Å². The monoisotopic (exact) mass is 388 g/mol. The Balaban J connectivity index is 2.35. The standard InChI is InChI=1S/C22H32N2O4/c1-17(2)9-7-13-23-21(25)15-27-19-11-5-6-12-20(19)28-16-22(26)24-14-8-10-18(3)4/h5-6,11-12H,1,3,7-10,13-16H2,2,4H3,(H,23,25)(H,24,26). The molecule has 0 aliphatic rings. The van der Waals surface area contributed by atoms with E-state index in [1.54, 1.807) is 24.3 Å². The predicted octanol–water partition coefficient (Wildman–Crippen LogP) is 3.39. The van der Waals surface area contributed by atoms with E-state index in [1.807, 2.05) is 13.8 Å². The minimum absolute atomic E-state index is 0.111. The summed E-state index contributed by atoms with van der Waals surface area (Å²) in [5.41, 5.74) is 2.19. The lowest BCUT2D eigenvalue weighted by atomic mass is 10.2. The molecule has 0 fully saturated rings. The van der Waals surface area contributed by atoms with E-state index in [1.165, 1.54) is 0 Å². The third kappa shape index (κ3) is 11.1. The minimum Gasteiger partial charge on any atom is -0.480 e. The molecule has 0 aliphatic carbocycles. The van der Waals surface area contributed by atoms with Crippen LogP contribution >= 0.6 is 0 Å². The number of ether oxygens (including phenoxy) is 2. The van der Waals surface area contributed by atoms with Crippen molar-refractivity contribution < 1.29 is 19.1 Å². The van der Waals surface area contributed by atoms with Gasteiger partial charge in [-0.3, -0.25) is 9.59 Å². The normalized spacial score (nSPS) is 10.1. The van der Waals surface area contributed by atoms with Gasteiger partial charge in [-0.05, 0) is 51.7 Å². The molecule has 0 aromatic heterocycles. The van der Waals surface area contributed by atoms with Gasteiger partial charge in [0.05, 0.1) is 0 Å². The highest BCUT2D eigenvalue weighted by molar-refractivity contribution is 5.78. The first-order valence-electron chi connectivity index (χ1n) is 9.55. The van der Waals surface area contributed by atoms with Gasteiger partial charge in [-0.25, -0.2) is 0 Å². The van der Waals surface area contributed by atoms with Gasteiger partial charge in [0.15, 0.2) is 24.7 Å². The number of carbonyl (C=O) groups excluding carboxylic acids is 2. The number of para-hydroxylation sites is 2. The number of hydrogen-bond acceptors (Lipinski definition) is 4. The molecule has 0 unspecified atom stereocenters. The smallest absolute Gasteiger partial charge is 0.257 e. The van der Waals surface area contributed by atoms with E-state index in [0.717, 1.165) is 36.8 Å². The van der Waals surface area contributed by atoms with Crippen LogP contribution in [0.15, 0.2) is 48.6 Å². The summed E-state index contributed by atoms with van der Waals surface area (Å²) in [4.78, 5) is 23.7. The molecular weight excluding hydrogens is 356 g/mol. The summed E-state index contributed by atoms with van der Waals surface area (Å²) in [6.07, 6.45) is 3.46. The molecule has 0 saturated heterocycles. The lowest BCUT2D eigenvalue weighted by molar-refractivity contribution is -0.124. The van der Waals surface area contributed by atoms with E-state index in [-0.39, 0.29) is 25.0 Å². The Kier molecular flexibility index (Phi) is 11.2. The summed E-state index contributed by atoms with van der Waals surface area (Å²) in [5, 5.41) is 5.60. The van der Waals surface area contributed by atoms with Gasteiger partial charge in [-0.2, -0.15) is 0 Å². The van der Waals surface area contributed by atoms with E-state index in [0.29, 0.717) is 24.6 Å². The van der Waals surface area contributed by atoms with Gasteiger partial charge < -0.3 is 20.1 Å². The maximum absolute atomic E-state index is 11.9. The van der Waals surface area contributed by atoms with Crippen LogP contribution in [0.3, 0.4) is 0 Å². The summed E-state index contributed by atoms with van der Waals surface area (Å²) in [5.74, 6) is 0.447. The fraction of sp³-hybridized carbons (Fsp3) is 0.455. The third-order valence-electron chi connectivity index (χ3n) is 3.77. The van der Waals surface area contributed by atoms with Crippen molar-refractivity contribution in [2.75, 3.05) is 26.3 Å². The van der Waals surface area contributed by atoms with Crippen molar-refractivity contribution in [3.63, 3.8) is 0 Å². The number of hydrogen-bond donors (Lipinski definition) is 2. The molecule has 0 bridgehead atoms. The minimum atomic E-state index is -0.202. The Morgan fingerprint density at radius 1 is 0.821 bits per heavy atom. The molecule has 1 aromatic carbocycles. The van der Waals surface area contributed by atoms with Gasteiger partial charge in [-0.15, -0.1) is 13.2 Å². The SMILES string of the molecule is C=C(C)CCCNC(=O)COc1ccccc1OCC(=O)NCCCC(=C)C. The average Bonchev–Trinajstić information content (AvgIpc) is 2.65. The number of rotatable bonds is 14. The topological polar surface area (TPSA) is 76.7 Å². The van der Waals surface area contributed by atoms with E-state index < -0.39 is 0 Å². The van der Waals surface area contributed by atoms with Crippen molar-refractivity contribution in [3.8, 4) is 11.5 Å². The molecule has 1 aromatic rings. The maximum Gasteiger partial charge on any atom is 0.257 e. The van der Waals surface area contributed by atoms with Crippen molar-refractivity contribution in [1.29, 1.82) is 0 Å². The first-order valence-corrected chi connectivity index (χ1v) is 9.55. The molecule has 2 amide bonds. The molecule has 1 rings (SSSR count). The van der Waals surface area contributed by atoms with E-state index in [4.69, 9.17) is 9.47 Å². The Morgan fingerprint density at radius 3 is 1.57 bits per heavy atom. The lowest BCUT2D eigenvalue weighted by Crippen LogP contribution is -2.30. The van der Waals surface area contributed by atoms with Crippen LogP contribution < -0.4 is 20.1 Å². The number of amides is 2. The molecule has 0 aliphatic heterocycles. The largest absolute Gasteiger partial charge is 0.480 e. The Morgan fingerprint density at radius 2 is 1.21 bits per heavy atom. The number of carbonyl (C=O) groups is 2. The first kappa shape index (κ1) is 23.3. The highest BCUT2D eigenvalue weighted by Crippen LogP contribution is 2.26. The van der Waals surface area contributed by atoms with Gasteiger partial charge in [-0.1, -0.05) is 23.3 Å². The average molecular weight is 389 g/mol. The zero-order chi connectivity index (χ0) is 20.8. The highest BCUT2D eigenvalue weighted by atomic mass is 16.5. The van der Waals surface area contributed by atoms with Crippen LogP contribution in [0, 0.1) is 0 Å². The summed E-state index contributed by atoms with van der Waals surface area (Å²) >= 11 is 0. The van der Waals surface area contributed by atoms with Crippen molar-refractivity contribution in [3.05, 3.63) is 48.6 Å². The van der Waals surface area contributed by atoms with Crippen LogP contribution in [0.1, 0.15) is 39.5 Å². The second-order valence-corrected chi connectivity index (χ2v) is 6.85. The lowest BCUT2D eigenvalue weighted by Gasteiger charge is -2.13. The quantitative estimate of drug-likeness (QED) is 0.378. The molecule has 2 N–H and O–H groups in total. The molecule has 154 valence electrons. The summed E-state index contributed by atoms with van der Waals surface area (Å²) in [6, 6.07) is 6.97. The Labute approximate surface area is 168 Å². The van der Waals surface area contributed by atoms with Crippen molar-refractivity contribution in [2.45, 2.75) is 39.5 Å². The molecule has 0 saturated carbocycles. The second-order valence-electron chi connectivity index (χ2n) is 6.85. The van der Waals surface area contributed by atoms with Crippen molar-refractivity contribution in [1.82, 2.24) is 10.6 Å². The van der Waals surface area contributed by atoms with Crippen LogP contribution in [0.5, 0.6) is 11.5 Å². The van der Waals surface area contributed by atoms with Crippen LogP contribution in [0.2, 0.25) is 0 Å². The molecule has 0 heterocycles. The summed E-state index contributed by atoms with van der Waals surface area (Å²) in [7, 11) is 0. The van der Waals surface area contributed by atoms with Gasteiger partial charge in [0.1, 0.15) is 0 Å². The van der Waals surface area contributed by atoms with Gasteiger partial charge in [0, 0.05) is 13.1 Å². The van der Waals surface area contributed by atoms with Crippen molar-refractivity contribution in [2.24, 2.45) is 0 Å². The second kappa shape index (κ2) is 13.4. The van der Waals surface area contributed by atoms with E-state index in [2.05, 4.69) is 23.8 Å². The number of nitrogens with one attached hydrogen (secondary N) is 2. The summed E-state index contributed by atoms with van der Waals surface area (Å²) in [6.45, 7) is 12.5. The fourth-order valence-corrected chi connectivity index (χ4v) is 2.31. The molecule has 6 nitrogen and oxygen atoms in total. The molecule has 28 heavy (non-hydrogen) atoms. The zero-order valence-corrected chi connectivity index (χ0v) is 17.0. The highest BCUT2D eigenvalue weighted by Gasteiger charge is 2.09. The third-order valence-corrected chi connectivity index (χ3v) is 3.77. The Hall–Kier alpha value is -2.76. The van der Waals surface area contributed by atoms with Gasteiger partial charge in [0.25, 0.3) is 11.8 Å². The number of allylic oxidation sites excluding steroid dienone is 2. The molecule has 0 atom stereocenters. The van der Waals surface area contributed by atoms with Gasteiger partial charge >= 0.3 is 0 Å². The van der Waals surface area contributed by atoms with Crippen LogP contribution in [0.25, 0.3) is 0 Å². The van der Waals surface area contributed by atoms with Crippen molar-refractivity contribution >= 4 is 11.8 Å². The first-order chi connectivity index (χ1) is 13.4. The maximum atomic E-state index is 11.9. The molecular formula is C22H32N2O4. The summed E-state index contributed by atoms with van der Waals surface area (Å²) < 4.78 is 11.1. The fourth-order valence-electron chi connectivity index (χ4n) is 2.31. The number of benzene rings is 1. The predicted molar refractivity (Wildman–Crippen MR) is 112 cm³/mol. The Bertz CT molecular complexity index is 613. The van der Waals surface area contributed by atoms with E-state index >= 15 is 0 Å². The van der Waals surface area contributed by atoms with Crippen LogP contribution in [-0.2, 0) is 9.59 Å². The van der Waals surface area contributed by atoms with E-state index in [9.17, 15) is 9.59 Å². The molecule has 0 radical (unpaired) electrons. The van der Waals surface area contributed by atoms with Crippen LogP contribution in [0.4, 0.5) is 0 Å². The zero-order valence-electron chi connectivity index (χ0n) is 17.0. The molecule has 6 heteroatoms. The van der Waals surface area contributed by atoms with Crippen LogP contribution in [-0.4, -0.2) is 38.1 Å².